The Kier molecular flexibility index (Phi) is 9.41. The third kappa shape index (κ3) is 7.06. The van der Waals surface area contributed by atoms with E-state index in [1.807, 2.05) is 48.5 Å². The predicted molar refractivity (Wildman–Crippen MR) is 154 cm³/mol. The van der Waals surface area contributed by atoms with Crippen LogP contribution in [-0.4, -0.2) is 40.5 Å². The standard InChI is InChI=1S/C30H25Cl2NO5S/c1-2-38-30(37)21-10-6-9-20(16-21)27-14-12-23(39-27)18-33(28(34)24-13-11-22(31)17-25(24)32)26(29(35)36)15-19-7-4-3-5-8-19/h3-14,16-17,26H,2,15,18H2,1H3,(H,35,36). The number of carbonyl (C=O) groups is 3. The van der Waals surface area contributed by atoms with Crippen molar-refractivity contribution in [2.75, 3.05) is 6.61 Å². The first-order valence-corrected chi connectivity index (χ1v) is 13.7. The van der Waals surface area contributed by atoms with Crippen molar-refractivity contribution in [3.8, 4) is 10.4 Å². The van der Waals surface area contributed by atoms with Gasteiger partial charge in [0.1, 0.15) is 6.04 Å². The second-order valence-electron chi connectivity index (χ2n) is 8.67. The maximum absolute atomic E-state index is 13.8. The first-order valence-electron chi connectivity index (χ1n) is 12.2. The number of nitrogens with zero attached hydrogens (tertiary/aromatic N) is 1. The van der Waals surface area contributed by atoms with Gasteiger partial charge in [0, 0.05) is 21.2 Å². The summed E-state index contributed by atoms with van der Waals surface area (Å²) in [6, 6.07) is 23.3. The third-order valence-corrected chi connectivity index (χ3v) is 7.67. The molecule has 4 aromatic rings. The van der Waals surface area contributed by atoms with Crippen molar-refractivity contribution in [2.24, 2.45) is 0 Å². The Hall–Kier alpha value is -3.65. The first-order chi connectivity index (χ1) is 18.8. The molecule has 0 aliphatic heterocycles. The summed E-state index contributed by atoms with van der Waals surface area (Å²) < 4.78 is 5.11. The molecule has 0 radical (unpaired) electrons. The number of carbonyl (C=O) groups excluding carboxylic acids is 2. The van der Waals surface area contributed by atoms with Crippen molar-refractivity contribution in [2.45, 2.75) is 25.9 Å². The fourth-order valence-corrected chi connectivity index (χ4v) is 5.60. The maximum Gasteiger partial charge on any atom is 0.338 e. The summed E-state index contributed by atoms with van der Waals surface area (Å²) >= 11 is 13.8. The Labute approximate surface area is 240 Å². The van der Waals surface area contributed by atoms with Gasteiger partial charge in [0.25, 0.3) is 5.91 Å². The van der Waals surface area contributed by atoms with Crippen LogP contribution in [0.15, 0.2) is 84.9 Å². The summed E-state index contributed by atoms with van der Waals surface area (Å²) in [5.74, 6) is -2.05. The Morgan fingerprint density at radius 3 is 2.41 bits per heavy atom. The summed E-state index contributed by atoms with van der Waals surface area (Å²) in [5, 5.41) is 10.7. The minimum Gasteiger partial charge on any atom is -0.480 e. The quantitative estimate of drug-likeness (QED) is 0.199. The molecule has 3 aromatic carbocycles. The number of ether oxygens (including phenoxy) is 1. The predicted octanol–water partition coefficient (Wildman–Crippen LogP) is 7.24. The average molecular weight is 583 g/mol. The molecule has 9 heteroatoms. The monoisotopic (exact) mass is 581 g/mol. The van der Waals surface area contributed by atoms with Crippen LogP contribution in [0.5, 0.6) is 0 Å². The number of rotatable bonds is 10. The van der Waals surface area contributed by atoms with Crippen LogP contribution in [0, 0.1) is 0 Å². The van der Waals surface area contributed by atoms with Crippen LogP contribution < -0.4 is 0 Å². The van der Waals surface area contributed by atoms with Gasteiger partial charge in [0.15, 0.2) is 0 Å². The minimum atomic E-state index is -1.15. The second kappa shape index (κ2) is 12.9. The summed E-state index contributed by atoms with van der Waals surface area (Å²) in [6.45, 7) is 2.07. The molecule has 0 spiro atoms. The van der Waals surface area contributed by atoms with Gasteiger partial charge in [0.05, 0.1) is 29.3 Å². The first kappa shape index (κ1) is 28.4. The maximum atomic E-state index is 13.8. The number of benzene rings is 3. The van der Waals surface area contributed by atoms with E-state index in [0.717, 1.165) is 20.9 Å². The molecule has 0 bridgehead atoms. The highest BCUT2D eigenvalue weighted by Crippen LogP contribution is 2.31. The number of esters is 1. The Morgan fingerprint density at radius 1 is 0.949 bits per heavy atom. The van der Waals surface area contributed by atoms with Gasteiger partial charge in [-0.25, -0.2) is 9.59 Å². The van der Waals surface area contributed by atoms with Gasteiger partial charge in [0.2, 0.25) is 0 Å². The Balaban J connectivity index is 1.68. The molecule has 1 N–H and O–H groups in total. The molecule has 39 heavy (non-hydrogen) atoms. The summed E-state index contributed by atoms with van der Waals surface area (Å²) in [6.07, 6.45) is 0.118. The molecule has 1 atom stereocenters. The molecule has 200 valence electrons. The van der Waals surface area contributed by atoms with E-state index in [2.05, 4.69) is 0 Å². The van der Waals surface area contributed by atoms with Gasteiger partial charge in [-0.05, 0) is 60.5 Å². The van der Waals surface area contributed by atoms with Crippen LogP contribution in [0.1, 0.15) is 38.1 Å². The summed E-state index contributed by atoms with van der Waals surface area (Å²) in [5.41, 5.74) is 2.20. The number of halogens is 2. The summed E-state index contributed by atoms with van der Waals surface area (Å²) in [4.78, 5) is 41.4. The smallest absolute Gasteiger partial charge is 0.338 e. The lowest BCUT2D eigenvalue weighted by atomic mass is 10.0. The zero-order chi connectivity index (χ0) is 27.9. The Bertz CT molecular complexity index is 1490. The van der Waals surface area contributed by atoms with Crippen LogP contribution >= 0.6 is 34.5 Å². The van der Waals surface area contributed by atoms with Gasteiger partial charge in [-0.15, -0.1) is 11.3 Å². The van der Waals surface area contributed by atoms with E-state index >= 15 is 0 Å². The highest BCUT2D eigenvalue weighted by Gasteiger charge is 2.32. The number of thiophene rings is 1. The van der Waals surface area contributed by atoms with Crippen molar-refractivity contribution in [3.05, 3.63) is 117 Å². The van der Waals surface area contributed by atoms with Gasteiger partial charge in [-0.2, -0.15) is 0 Å². The number of hydrogen-bond acceptors (Lipinski definition) is 5. The van der Waals surface area contributed by atoms with Gasteiger partial charge in [-0.1, -0.05) is 65.7 Å². The third-order valence-electron chi connectivity index (χ3n) is 6.00. The Morgan fingerprint density at radius 2 is 1.72 bits per heavy atom. The molecule has 1 heterocycles. The number of hydrogen-bond donors (Lipinski definition) is 1. The topological polar surface area (TPSA) is 83.9 Å². The number of aliphatic carboxylic acids is 1. The molecule has 1 unspecified atom stereocenters. The molecule has 0 saturated heterocycles. The molecule has 4 rings (SSSR count). The van der Waals surface area contributed by atoms with E-state index in [1.54, 1.807) is 31.2 Å². The van der Waals surface area contributed by atoms with Crippen molar-refractivity contribution in [1.29, 1.82) is 0 Å². The van der Waals surface area contributed by atoms with E-state index in [-0.39, 0.29) is 30.2 Å². The van der Waals surface area contributed by atoms with E-state index in [1.165, 1.54) is 28.4 Å². The lowest BCUT2D eigenvalue weighted by molar-refractivity contribution is -0.142. The van der Waals surface area contributed by atoms with Gasteiger partial charge in [-0.3, -0.25) is 4.79 Å². The van der Waals surface area contributed by atoms with Gasteiger partial charge < -0.3 is 14.7 Å². The fraction of sp³-hybridized carbons (Fsp3) is 0.167. The van der Waals surface area contributed by atoms with Gasteiger partial charge >= 0.3 is 11.9 Å². The van der Waals surface area contributed by atoms with Crippen LogP contribution in [0.3, 0.4) is 0 Å². The molecule has 0 aliphatic rings. The molecular weight excluding hydrogens is 557 g/mol. The SMILES string of the molecule is CCOC(=O)c1cccc(-c2ccc(CN(C(=O)c3ccc(Cl)cc3Cl)C(Cc3ccccc3)C(=O)O)s2)c1. The number of carboxylic acid groups (broad SMARTS) is 1. The lowest BCUT2D eigenvalue weighted by Gasteiger charge is -2.29. The zero-order valence-corrected chi connectivity index (χ0v) is 23.3. The second-order valence-corrected chi connectivity index (χ2v) is 10.7. The van der Waals surface area contributed by atoms with Crippen LogP contribution in [0.4, 0.5) is 0 Å². The average Bonchev–Trinajstić information content (AvgIpc) is 3.40. The summed E-state index contributed by atoms with van der Waals surface area (Å²) in [7, 11) is 0. The van der Waals surface area contributed by atoms with Crippen molar-refractivity contribution in [1.82, 2.24) is 4.90 Å². The van der Waals surface area contributed by atoms with Crippen LogP contribution in [0.25, 0.3) is 10.4 Å². The molecular formula is C30H25Cl2NO5S. The zero-order valence-electron chi connectivity index (χ0n) is 21.0. The highest BCUT2D eigenvalue weighted by molar-refractivity contribution is 7.15. The number of amides is 1. The van der Waals surface area contributed by atoms with Crippen LogP contribution in [0.2, 0.25) is 10.0 Å². The van der Waals surface area contributed by atoms with Crippen molar-refractivity contribution < 1.29 is 24.2 Å². The number of carboxylic acids is 1. The van der Waals surface area contributed by atoms with E-state index < -0.39 is 23.9 Å². The molecule has 6 nitrogen and oxygen atoms in total. The fourth-order valence-electron chi connectivity index (χ4n) is 4.11. The molecule has 0 fully saturated rings. The molecule has 0 aliphatic carbocycles. The lowest BCUT2D eigenvalue weighted by Crippen LogP contribution is -2.46. The van der Waals surface area contributed by atoms with Crippen LogP contribution in [-0.2, 0) is 22.5 Å². The van der Waals surface area contributed by atoms with Crippen molar-refractivity contribution >= 4 is 52.4 Å². The normalized spacial score (nSPS) is 11.6. The highest BCUT2D eigenvalue weighted by atomic mass is 35.5. The molecule has 0 saturated carbocycles. The van der Waals surface area contributed by atoms with E-state index in [9.17, 15) is 19.5 Å². The van der Waals surface area contributed by atoms with E-state index in [0.29, 0.717) is 10.6 Å². The largest absolute Gasteiger partial charge is 0.480 e. The molecule has 1 amide bonds. The molecule has 1 aromatic heterocycles. The van der Waals surface area contributed by atoms with Crippen molar-refractivity contribution in [3.63, 3.8) is 0 Å². The minimum absolute atomic E-state index is 0.0455. The van der Waals surface area contributed by atoms with E-state index in [4.69, 9.17) is 27.9 Å².